The van der Waals surface area contributed by atoms with Crippen LogP contribution >= 0.6 is 24.0 Å². The summed E-state index contributed by atoms with van der Waals surface area (Å²) in [4.78, 5) is 12.6. The summed E-state index contributed by atoms with van der Waals surface area (Å²) >= 11 is 6.25. The first-order valence-electron chi connectivity index (χ1n) is 6.90. The molecule has 1 amide bonds. The van der Waals surface area contributed by atoms with E-state index in [1.807, 2.05) is 54.6 Å². The number of nitrogens with zero attached hydrogens (tertiary/aromatic N) is 1. The topological polar surface area (TPSA) is 55.1 Å². The molecule has 4 nitrogen and oxygen atoms in total. The van der Waals surface area contributed by atoms with Crippen molar-refractivity contribution in [1.29, 1.82) is 0 Å². The largest absolute Gasteiger partial charge is 0.355 e. The lowest BCUT2D eigenvalue weighted by Gasteiger charge is -1.99. The summed E-state index contributed by atoms with van der Waals surface area (Å²) in [5.41, 5.74) is 2.71. The van der Waals surface area contributed by atoms with Crippen molar-refractivity contribution < 1.29 is 9.32 Å². The molecule has 0 unspecified atom stereocenters. The van der Waals surface area contributed by atoms with Gasteiger partial charge in [0.15, 0.2) is 5.76 Å². The van der Waals surface area contributed by atoms with Gasteiger partial charge in [0, 0.05) is 5.56 Å². The van der Waals surface area contributed by atoms with Gasteiger partial charge in [0.05, 0.1) is 10.3 Å². The van der Waals surface area contributed by atoms with Crippen LogP contribution in [0.2, 0.25) is 0 Å². The molecule has 1 aliphatic rings. The summed E-state index contributed by atoms with van der Waals surface area (Å²) in [6.45, 7) is 0. The van der Waals surface area contributed by atoms with Crippen LogP contribution in [0.4, 0.5) is 4.79 Å². The van der Waals surface area contributed by atoms with Crippen LogP contribution in [-0.2, 0) is 0 Å². The normalized spacial score (nSPS) is 16.3. The standard InChI is InChI=1S/C17H10N2O2S2/c20-17-18-16(22)14(23-17)9-10-6-7-13-12(8-10)15(21-19-13)11-4-2-1-3-5-11/h1-9H,(H,18,20,22). The van der Waals surface area contributed by atoms with Crippen molar-refractivity contribution in [1.82, 2.24) is 10.5 Å². The molecule has 1 aromatic heterocycles. The van der Waals surface area contributed by atoms with Gasteiger partial charge in [0.2, 0.25) is 0 Å². The Hall–Kier alpha value is -2.44. The fourth-order valence-corrected chi connectivity index (χ4v) is 3.45. The maximum absolute atomic E-state index is 11.4. The van der Waals surface area contributed by atoms with Crippen LogP contribution < -0.4 is 5.32 Å². The molecule has 0 bridgehead atoms. The van der Waals surface area contributed by atoms with Crippen molar-refractivity contribution in [3.63, 3.8) is 0 Å². The molecule has 1 saturated heterocycles. The molecule has 2 aromatic carbocycles. The number of thiocarbonyl (C=S) groups is 1. The number of thioether (sulfide) groups is 1. The smallest absolute Gasteiger partial charge is 0.289 e. The second kappa shape index (κ2) is 5.64. The van der Waals surface area contributed by atoms with Gasteiger partial charge < -0.3 is 9.84 Å². The highest BCUT2D eigenvalue weighted by atomic mass is 32.2. The monoisotopic (exact) mass is 338 g/mol. The molecule has 0 atom stereocenters. The van der Waals surface area contributed by atoms with Gasteiger partial charge in [-0.1, -0.05) is 53.8 Å². The third-order valence-electron chi connectivity index (χ3n) is 3.48. The minimum atomic E-state index is -0.141. The van der Waals surface area contributed by atoms with Crippen LogP contribution in [0.1, 0.15) is 5.56 Å². The summed E-state index contributed by atoms with van der Waals surface area (Å²) in [5, 5.41) is 7.50. The van der Waals surface area contributed by atoms with Gasteiger partial charge in [-0.05, 0) is 35.5 Å². The van der Waals surface area contributed by atoms with E-state index in [2.05, 4.69) is 10.5 Å². The third-order valence-corrected chi connectivity index (χ3v) is 4.76. The van der Waals surface area contributed by atoms with Gasteiger partial charge in [0.1, 0.15) is 10.5 Å². The average Bonchev–Trinajstić information content (AvgIpc) is 3.11. The SMILES string of the molecule is O=C1NC(=S)C(=Cc2ccc3noc(-c4ccccc4)c3c2)S1. The average molecular weight is 338 g/mol. The van der Waals surface area contributed by atoms with Gasteiger partial charge in [-0.15, -0.1) is 0 Å². The number of amides is 1. The van der Waals surface area contributed by atoms with Crippen molar-refractivity contribution in [2.45, 2.75) is 0 Å². The second-order valence-electron chi connectivity index (χ2n) is 5.01. The van der Waals surface area contributed by atoms with E-state index in [4.69, 9.17) is 16.7 Å². The van der Waals surface area contributed by atoms with Crippen LogP contribution in [0.5, 0.6) is 0 Å². The van der Waals surface area contributed by atoms with Crippen LogP contribution in [0.15, 0.2) is 58.0 Å². The van der Waals surface area contributed by atoms with Gasteiger partial charge >= 0.3 is 0 Å². The maximum Gasteiger partial charge on any atom is 0.289 e. The van der Waals surface area contributed by atoms with E-state index in [0.717, 1.165) is 44.5 Å². The fourth-order valence-electron chi connectivity index (χ4n) is 2.42. The molecule has 0 radical (unpaired) electrons. The van der Waals surface area contributed by atoms with Crippen LogP contribution in [0, 0.1) is 0 Å². The number of carbonyl (C=O) groups excluding carboxylic acids is 1. The van der Waals surface area contributed by atoms with Gasteiger partial charge in [0.25, 0.3) is 5.24 Å². The first-order valence-corrected chi connectivity index (χ1v) is 8.13. The van der Waals surface area contributed by atoms with Crippen molar-refractivity contribution in [3.05, 3.63) is 59.0 Å². The Morgan fingerprint density at radius 3 is 2.74 bits per heavy atom. The molecule has 0 spiro atoms. The number of benzene rings is 2. The molecule has 4 rings (SSSR count). The zero-order valence-electron chi connectivity index (χ0n) is 11.8. The van der Waals surface area contributed by atoms with E-state index in [9.17, 15) is 4.79 Å². The van der Waals surface area contributed by atoms with Crippen LogP contribution in [-0.4, -0.2) is 15.4 Å². The molecule has 1 fully saturated rings. The minimum Gasteiger partial charge on any atom is -0.355 e. The van der Waals surface area contributed by atoms with Gasteiger partial charge in [-0.3, -0.25) is 4.79 Å². The highest BCUT2D eigenvalue weighted by molar-refractivity contribution is 8.19. The predicted molar refractivity (Wildman–Crippen MR) is 96.1 cm³/mol. The molecular formula is C17H10N2O2S2. The zero-order chi connectivity index (χ0) is 15.8. The number of hydrogen-bond acceptors (Lipinski definition) is 5. The van der Waals surface area contributed by atoms with E-state index < -0.39 is 0 Å². The highest BCUT2D eigenvalue weighted by Crippen LogP contribution is 2.31. The van der Waals surface area contributed by atoms with E-state index in [0.29, 0.717) is 4.99 Å². The Balaban J connectivity index is 1.80. The molecule has 6 heteroatoms. The van der Waals surface area contributed by atoms with Crippen molar-refractivity contribution in [2.75, 3.05) is 0 Å². The van der Waals surface area contributed by atoms with E-state index in [-0.39, 0.29) is 5.24 Å². The molecule has 3 aromatic rings. The van der Waals surface area contributed by atoms with E-state index >= 15 is 0 Å². The van der Waals surface area contributed by atoms with Crippen LogP contribution in [0.3, 0.4) is 0 Å². The number of hydrogen-bond donors (Lipinski definition) is 1. The molecule has 1 aliphatic heterocycles. The lowest BCUT2D eigenvalue weighted by atomic mass is 10.1. The summed E-state index contributed by atoms with van der Waals surface area (Å²) in [5.74, 6) is 0.733. The van der Waals surface area contributed by atoms with Gasteiger partial charge in [-0.25, -0.2) is 0 Å². The number of rotatable bonds is 2. The Labute approximate surface area is 141 Å². The molecule has 1 N–H and O–H groups in total. The van der Waals surface area contributed by atoms with E-state index in [1.165, 1.54) is 0 Å². The zero-order valence-corrected chi connectivity index (χ0v) is 13.4. The Morgan fingerprint density at radius 1 is 1.17 bits per heavy atom. The summed E-state index contributed by atoms with van der Waals surface area (Å²) < 4.78 is 5.50. The van der Waals surface area contributed by atoms with Crippen molar-refractivity contribution in [2.24, 2.45) is 0 Å². The quantitative estimate of drug-likeness (QED) is 0.546. The number of fused-ring (bicyclic) bond motifs is 1. The number of aromatic nitrogens is 1. The maximum atomic E-state index is 11.4. The highest BCUT2D eigenvalue weighted by Gasteiger charge is 2.21. The molecule has 0 saturated carbocycles. The lowest BCUT2D eigenvalue weighted by molar-refractivity contribution is 0.265. The van der Waals surface area contributed by atoms with Crippen LogP contribution in [0.25, 0.3) is 28.3 Å². The summed E-state index contributed by atoms with van der Waals surface area (Å²) in [6, 6.07) is 15.7. The predicted octanol–water partition coefficient (Wildman–Crippen LogP) is 4.62. The lowest BCUT2D eigenvalue weighted by Crippen LogP contribution is -2.15. The minimum absolute atomic E-state index is 0.141. The fraction of sp³-hybridized carbons (Fsp3) is 0. The molecule has 112 valence electrons. The first-order chi connectivity index (χ1) is 11.2. The van der Waals surface area contributed by atoms with Gasteiger partial charge in [-0.2, -0.15) is 0 Å². The first kappa shape index (κ1) is 14.2. The number of carbonyl (C=O) groups is 1. The number of nitrogens with one attached hydrogen (secondary N) is 1. The Bertz CT molecular complexity index is 961. The molecular weight excluding hydrogens is 328 g/mol. The Kier molecular flexibility index (Phi) is 3.48. The third kappa shape index (κ3) is 2.67. The molecule has 23 heavy (non-hydrogen) atoms. The second-order valence-corrected chi connectivity index (χ2v) is 6.43. The van der Waals surface area contributed by atoms with Crippen molar-refractivity contribution in [3.8, 4) is 11.3 Å². The molecule has 0 aliphatic carbocycles. The van der Waals surface area contributed by atoms with Crippen molar-refractivity contribution >= 4 is 51.2 Å². The Morgan fingerprint density at radius 2 is 2.00 bits per heavy atom. The summed E-state index contributed by atoms with van der Waals surface area (Å²) in [6.07, 6.45) is 1.89. The molecule has 2 heterocycles. The van der Waals surface area contributed by atoms with E-state index in [1.54, 1.807) is 0 Å². The summed E-state index contributed by atoms with van der Waals surface area (Å²) in [7, 11) is 0.